The van der Waals surface area contributed by atoms with Gasteiger partial charge in [0.1, 0.15) is 0 Å². The number of likely N-dealkylation sites (tertiary alicyclic amines) is 1. The summed E-state index contributed by atoms with van der Waals surface area (Å²) in [5.74, 6) is -0.902. The van der Waals surface area contributed by atoms with Gasteiger partial charge in [-0.25, -0.2) is 4.98 Å². The Kier molecular flexibility index (Phi) is 11.8. The lowest BCUT2D eigenvalue weighted by Gasteiger charge is -2.39. The van der Waals surface area contributed by atoms with Crippen molar-refractivity contribution in [3.63, 3.8) is 0 Å². The molecule has 7 rings (SSSR count). The Morgan fingerprint density at radius 3 is 2.45 bits per heavy atom. The quantitative estimate of drug-likeness (QED) is 0.112. The maximum atomic E-state index is 14.4. The number of anilines is 2. The summed E-state index contributed by atoms with van der Waals surface area (Å²) in [6.07, 6.45) is 5.17. The van der Waals surface area contributed by atoms with Gasteiger partial charge in [-0.1, -0.05) is 60.1 Å². The minimum Gasteiger partial charge on any atom is -0.388 e. The molecule has 0 saturated carbocycles. The van der Waals surface area contributed by atoms with E-state index in [2.05, 4.69) is 25.5 Å². The number of piperidine rings is 1. The number of fused-ring (bicyclic) bond motifs is 2. The smallest absolute Gasteiger partial charge is 0.261 e. The third-order valence-electron chi connectivity index (χ3n) is 10.5. The molecule has 2 amide bonds. The molecule has 1 fully saturated rings. The van der Waals surface area contributed by atoms with E-state index < -0.39 is 11.5 Å². The summed E-state index contributed by atoms with van der Waals surface area (Å²) in [5.41, 5.74) is 3.50. The Morgan fingerprint density at radius 1 is 0.893 bits per heavy atom. The fraction of sp³-hybridized carbons (Fsp3) is 0.295. The van der Waals surface area contributed by atoms with E-state index in [9.17, 15) is 19.5 Å². The fourth-order valence-electron chi connectivity index (χ4n) is 7.34. The first-order valence-electron chi connectivity index (χ1n) is 18.9. The van der Waals surface area contributed by atoms with Crippen LogP contribution >= 0.6 is 11.6 Å². The Labute approximate surface area is 331 Å². The number of aromatic nitrogens is 3. The average Bonchev–Trinajstić information content (AvgIpc) is 3.20. The highest BCUT2D eigenvalue weighted by atomic mass is 35.5. The maximum absolute atomic E-state index is 14.4. The van der Waals surface area contributed by atoms with Crippen LogP contribution in [0.15, 0.2) is 114 Å². The van der Waals surface area contributed by atoms with Gasteiger partial charge < -0.3 is 25.5 Å². The molecule has 4 aromatic carbocycles. The normalized spacial score (nSPS) is 14.6. The SMILES string of the molecule is CN(C)CCCNc1ccc2c(=O)n(CC3(O)CCN(C(=O)C(Cc4ccccc4)c4cccc(NC(=O)c5ccc6c(Cl)ccnc6c5)c4)CC3)cnc2c1. The van der Waals surface area contributed by atoms with E-state index in [0.717, 1.165) is 41.7 Å². The number of pyridine rings is 1. The molecule has 0 spiro atoms. The van der Waals surface area contributed by atoms with Crippen molar-refractivity contribution >= 4 is 56.6 Å². The second-order valence-electron chi connectivity index (χ2n) is 14.9. The number of amides is 2. The second-order valence-corrected chi connectivity index (χ2v) is 15.3. The Balaban J connectivity index is 1.03. The predicted molar refractivity (Wildman–Crippen MR) is 222 cm³/mol. The Morgan fingerprint density at radius 2 is 1.66 bits per heavy atom. The predicted octanol–water partition coefficient (Wildman–Crippen LogP) is 6.59. The summed E-state index contributed by atoms with van der Waals surface area (Å²) >= 11 is 6.30. The maximum Gasteiger partial charge on any atom is 0.261 e. The molecule has 1 atom stereocenters. The molecule has 6 aromatic rings. The highest BCUT2D eigenvalue weighted by Gasteiger charge is 2.37. The van der Waals surface area contributed by atoms with Gasteiger partial charge in [0.05, 0.1) is 45.8 Å². The van der Waals surface area contributed by atoms with Gasteiger partial charge in [0.15, 0.2) is 0 Å². The number of hydrogen-bond donors (Lipinski definition) is 3. The molecule has 2 aromatic heterocycles. The number of carbonyl (C=O) groups is 2. The molecule has 3 N–H and O–H groups in total. The highest BCUT2D eigenvalue weighted by molar-refractivity contribution is 6.35. The van der Waals surface area contributed by atoms with E-state index in [-0.39, 0.29) is 23.9 Å². The van der Waals surface area contributed by atoms with Crippen molar-refractivity contribution in [1.82, 2.24) is 24.3 Å². The van der Waals surface area contributed by atoms with Crippen LogP contribution in [-0.2, 0) is 17.8 Å². The number of halogens is 1. The first kappa shape index (κ1) is 38.6. The molecule has 1 saturated heterocycles. The van der Waals surface area contributed by atoms with Gasteiger partial charge in [0.2, 0.25) is 5.91 Å². The summed E-state index contributed by atoms with van der Waals surface area (Å²) in [4.78, 5) is 54.1. The lowest BCUT2D eigenvalue weighted by atomic mass is 9.87. The Bertz CT molecular complexity index is 2410. The van der Waals surface area contributed by atoms with E-state index >= 15 is 0 Å². The van der Waals surface area contributed by atoms with Crippen molar-refractivity contribution in [3.8, 4) is 0 Å². The molecule has 0 bridgehead atoms. The molecular weight excluding hydrogens is 726 g/mol. The zero-order valence-corrected chi connectivity index (χ0v) is 32.4. The van der Waals surface area contributed by atoms with Crippen LogP contribution in [0.25, 0.3) is 21.8 Å². The van der Waals surface area contributed by atoms with Crippen molar-refractivity contribution in [3.05, 3.63) is 142 Å². The number of benzene rings is 4. The summed E-state index contributed by atoms with van der Waals surface area (Å²) in [6.45, 7) is 2.53. The molecule has 0 radical (unpaired) electrons. The molecule has 1 unspecified atom stereocenters. The molecule has 3 heterocycles. The van der Waals surface area contributed by atoms with Crippen molar-refractivity contribution in [2.75, 3.05) is 50.9 Å². The van der Waals surface area contributed by atoms with Crippen LogP contribution in [0.5, 0.6) is 0 Å². The van der Waals surface area contributed by atoms with E-state index in [0.29, 0.717) is 65.0 Å². The van der Waals surface area contributed by atoms with Crippen LogP contribution in [0.3, 0.4) is 0 Å². The standard InChI is InChI=1S/C44H46ClN7O4/c1-50(2)21-7-19-46-33-13-15-36-40(27-33)48-29-52(42(36)54)28-44(56)17-22-51(23-18-44)43(55)37(24-30-8-4-3-5-9-30)31-10-6-11-34(25-31)49-41(53)32-12-14-35-38(45)16-20-47-39(35)26-32/h3-6,8-16,20,25-27,29,37,46,56H,7,17-19,21-24,28H2,1-2H3,(H,49,53). The summed E-state index contributed by atoms with van der Waals surface area (Å²) in [6, 6.07) is 29.7. The molecule has 0 aliphatic carbocycles. The van der Waals surface area contributed by atoms with E-state index in [1.54, 1.807) is 47.5 Å². The molecule has 12 heteroatoms. The monoisotopic (exact) mass is 771 g/mol. The van der Waals surface area contributed by atoms with Gasteiger partial charge in [0, 0.05) is 48.2 Å². The van der Waals surface area contributed by atoms with Crippen LogP contribution in [0, 0.1) is 0 Å². The number of nitrogens with one attached hydrogen (secondary N) is 2. The topological polar surface area (TPSA) is 133 Å². The van der Waals surface area contributed by atoms with Gasteiger partial charge in [-0.05, 0) is 106 Å². The summed E-state index contributed by atoms with van der Waals surface area (Å²) in [5, 5.41) is 19.9. The summed E-state index contributed by atoms with van der Waals surface area (Å²) < 4.78 is 1.48. The van der Waals surface area contributed by atoms with Crippen molar-refractivity contribution < 1.29 is 14.7 Å². The van der Waals surface area contributed by atoms with Gasteiger partial charge in [-0.15, -0.1) is 0 Å². The molecule has 11 nitrogen and oxygen atoms in total. The van der Waals surface area contributed by atoms with Gasteiger partial charge in [-0.3, -0.25) is 23.9 Å². The average molecular weight is 772 g/mol. The second kappa shape index (κ2) is 17.0. The highest BCUT2D eigenvalue weighted by Crippen LogP contribution is 2.31. The van der Waals surface area contributed by atoms with Gasteiger partial charge in [-0.2, -0.15) is 0 Å². The molecule has 1 aliphatic rings. The zero-order chi connectivity index (χ0) is 39.2. The van der Waals surface area contributed by atoms with Gasteiger partial charge in [0.25, 0.3) is 11.5 Å². The number of rotatable bonds is 13. The molecule has 288 valence electrons. The minimum absolute atomic E-state index is 0.0625. The Hall–Kier alpha value is -5.62. The number of carbonyl (C=O) groups excluding carboxylic acids is 2. The lowest BCUT2D eigenvalue weighted by Crippen LogP contribution is -2.50. The van der Waals surface area contributed by atoms with Crippen molar-refractivity contribution in [2.24, 2.45) is 0 Å². The summed E-state index contributed by atoms with van der Waals surface area (Å²) in [7, 11) is 4.09. The fourth-order valence-corrected chi connectivity index (χ4v) is 7.55. The molecular formula is C44H46ClN7O4. The van der Waals surface area contributed by atoms with Crippen LogP contribution in [0.2, 0.25) is 5.02 Å². The van der Waals surface area contributed by atoms with Crippen LogP contribution in [0.4, 0.5) is 11.4 Å². The largest absolute Gasteiger partial charge is 0.388 e. The first-order chi connectivity index (χ1) is 27.0. The van der Waals surface area contributed by atoms with Gasteiger partial charge >= 0.3 is 0 Å². The van der Waals surface area contributed by atoms with E-state index in [1.165, 1.54) is 10.9 Å². The minimum atomic E-state index is -1.19. The lowest BCUT2D eigenvalue weighted by molar-refractivity contribution is -0.137. The van der Waals surface area contributed by atoms with E-state index in [4.69, 9.17) is 11.6 Å². The van der Waals surface area contributed by atoms with E-state index in [1.807, 2.05) is 74.8 Å². The third kappa shape index (κ3) is 9.08. The third-order valence-corrected chi connectivity index (χ3v) is 10.8. The zero-order valence-electron chi connectivity index (χ0n) is 31.6. The van der Waals surface area contributed by atoms with Crippen LogP contribution in [-0.4, -0.2) is 87.1 Å². The number of hydrogen-bond acceptors (Lipinski definition) is 8. The van der Waals surface area contributed by atoms with Crippen molar-refractivity contribution in [1.29, 1.82) is 0 Å². The van der Waals surface area contributed by atoms with Crippen molar-refractivity contribution in [2.45, 2.75) is 43.7 Å². The molecule has 1 aliphatic heterocycles. The number of nitrogens with zero attached hydrogens (tertiary/aromatic N) is 5. The number of aliphatic hydroxyl groups is 1. The molecule has 56 heavy (non-hydrogen) atoms. The van der Waals surface area contributed by atoms with Crippen LogP contribution in [0.1, 0.15) is 46.7 Å². The first-order valence-corrected chi connectivity index (χ1v) is 19.3. The van der Waals surface area contributed by atoms with Crippen LogP contribution < -0.4 is 16.2 Å².